The summed E-state index contributed by atoms with van der Waals surface area (Å²) in [6, 6.07) is 11.6. The molecule has 210 valence electrons. The summed E-state index contributed by atoms with van der Waals surface area (Å²) in [7, 11) is 1.57. The van der Waals surface area contributed by atoms with Crippen LogP contribution in [0, 0.1) is 5.92 Å². The molecule has 1 aliphatic heterocycles. The highest BCUT2D eigenvalue weighted by molar-refractivity contribution is 6.01. The van der Waals surface area contributed by atoms with Crippen LogP contribution in [-0.2, 0) is 14.4 Å². The van der Waals surface area contributed by atoms with E-state index in [1.807, 2.05) is 13.8 Å². The van der Waals surface area contributed by atoms with Crippen LogP contribution in [0.5, 0.6) is 17.2 Å². The summed E-state index contributed by atoms with van der Waals surface area (Å²) >= 11 is 0. The third-order valence-corrected chi connectivity index (χ3v) is 6.02. The Morgan fingerprint density at radius 1 is 1.05 bits per heavy atom. The molecule has 4 amide bonds. The van der Waals surface area contributed by atoms with Crippen LogP contribution in [-0.4, -0.2) is 69.1 Å². The molecule has 2 aromatic rings. The number of benzene rings is 2. The molecule has 1 heterocycles. The SMILES string of the molecule is COc1ccc(OCCNC(=O)[C@@H]2CC(=O)N[C@@H](C(C)C)C(=O)NCCCOc3ccccc3C(=O)N2)cc1. The maximum absolute atomic E-state index is 13.2. The number of carbonyl (C=O) groups is 4. The first kappa shape index (κ1) is 29.3. The van der Waals surface area contributed by atoms with Gasteiger partial charge in [-0.1, -0.05) is 26.0 Å². The Kier molecular flexibility index (Phi) is 11.0. The van der Waals surface area contributed by atoms with E-state index in [0.29, 0.717) is 30.2 Å². The van der Waals surface area contributed by atoms with E-state index in [1.165, 1.54) is 0 Å². The highest BCUT2D eigenvalue weighted by Gasteiger charge is 2.29. The third kappa shape index (κ3) is 8.91. The Hall–Kier alpha value is -4.28. The molecule has 0 spiro atoms. The molecule has 11 nitrogen and oxygen atoms in total. The number of para-hydroxylation sites is 1. The van der Waals surface area contributed by atoms with Gasteiger partial charge >= 0.3 is 0 Å². The zero-order valence-corrected chi connectivity index (χ0v) is 22.5. The normalized spacial score (nSPS) is 18.7. The minimum absolute atomic E-state index is 0.134. The average Bonchev–Trinajstić information content (AvgIpc) is 2.93. The summed E-state index contributed by atoms with van der Waals surface area (Å²) in [6.07, 6.45) is 0.139. The molecule has 3 rings (SSSR count). The lowest BCUT2D eigenvalue weighted by Crippen LogP contribution is -2.53. The Morgan fingerprint density at radius 3 is 2.49 bits per heavy atom. The molecule has 11 heteroatoms. The van der Waals surface area contributed by atoms with Crippen molar-refractivity contribution in [3.63, 3.8) is 0 Å². The van der Waals surface area contributed by atoms with Crippen LogP contribution in [0.2, 0.25) is 0 Å². The Balaban J connectivity index is 1.72. The molecule has 0 saturated carbocycles. The molecule has 0 fully saturated rings. The highest BCUT2D eigenvalue weighted by atomic mass is 16.5. The fourth-order valence-corrected chi connectivity index (χ4v) is 3.89. The molecule has 2 atom stereocenters. The first-order chi connectivity index (χ1) is 18.8. The minimum Gasteiger partial charge on any atom is -0.497 e. The van der Waals surface area contributed by atoms with E-state index in [0.717, 1.165) is 0 Å². The summed E-state index contributed by atoms with van der Waals surface area (Å²) in [5.41, 5.74) is 0.234. The molecule has 4 N–H and O–H groups in total. The van der Waals surface area contributed by atoms with E-state index in [9.17, 15) is 19.2 Å². The van der Waals surface area contributed by atoms with Crippen molar-refractivity contribution in [2.75, 3.05) is 33.4 Å². The molecule has 0 aromatic heterocycles. The van der Waals surface area contributed by atoms with Crippen LogP contribution >= 0.6 is 0 Å². The van der Waals surface area contributed by atoms with Crippen molar-refractivity contribution in [2.45, 2.75) is 38.8 Å². The second-order valence-electron chi connectivity index (χ2n) is 9.32. The van der Waals surface area contributed by atoms with Gasteiger partial charge in [0.05, 0.1) is 32.2 Å². The Labute approximate surface area is 228 Å². The Bertz CT molecular complexity index is 1140. The maximum Gasteiger partial charge on any atom is 0.255 e. The number of ether oxygens (including phenoxy) is 3. The summed E-state index contributed by atoms with van der Waals surface area (Å²) in [5, 5.41) is 10.9. The van der Waals surface area contributed by atoms with Gasteiger partial charge in [-0.15, -0.1) is 0 Å². The number of rotatable bonds is 7. The minimum atomic E-state index is -1.20. The van der Waals surface area contributed by atoms with E-state index in [1.54, 1.807) is 55.6 Å². The van der Waals surface area contributed by atoms with Gasteiger partial charge in [-0.25, -0.2) is 0 Å². The second-order valence-corrected chi connectivity index (χ2v) is 9.32. The summed E-state index contributed by atoms with van der Waals surface area (Å²) in [6.45, 7) is 4.53. The van der Waals surface area contributed by atoms with Gasteiger partial charge in [-0.3, -0.25) is 19.2 Å². The molecule has 39 heavy (non-hydrogen) atoms. The van der Waals surface area contributed by atoms with Gasteiger partial charge < -0.3 is 35.5 Å². The number of fused-ring (bicyclic) bond motifs is 1. The molecule has 0 bridgehead atoms. The first-order valence-electron chi connectivity index (χ1n) is 12.9. The molecule has 2 aromatic carbocycles. The number of hydrogen-bond donors (Lipinski definition) is 4. The van der Waals surface area contributed by atoms with Crippen LogP contribution in [0.15, 0.2) is 48.5 Å². The monoisotopic (exact) mass is 540 g/mol. The van der Waals surface area contributed by atoms with Crippen molar-refractivity contribution >= 4 is 23.6 Å². The fraction of sp³-hybridized carbons (Fsp3) is 0.429. The average molecular weight is 541 g/mol. The van der Waals surface area contributed by atoms with Crippen LogP contribution in [0.3, 0.4) is 0 Å². The van der Waals surface area contributed by atoms with Crippen molar-refractivity contribution in [2.24, 2.45) is 5.92 Å². The predicted molar refractivity (Wildman–Crippen MR) is 144 cm³/mol. The lowest BCUT2D eigenvalue weighted by molar-refractivity contribution is -0.131. The predicted octanol–water partition coefficient (Wildman–Crippen LogP) is 1.42. The highest BCUT2D eigenvalue weighted by Crippen LogP contribution is 2.19. The Morgan fingerprint density at radius 2 is 1.77 bits per heavy atom. The van der Waals surface area contributed by atoms with Gasteiger partial charge in [0, 0.05) is 6.54 Å². The van der Waals surface area contributed by atoms with Crippen LogP contribution in [0.25, 0.3) is 0 Å². The van der Waals surface area contributed by atoms with E-state index in [4.69, 9.17) is 14.2 Å². The van der Waals surface area contributed by atoms with Gasteiger partial charge in [0.2, 0.25) is 17.7 Å². The van der Waals surface area contributed by atoms with Gasteiger partial charge in [0.25, 0.3) is 5.91 Å². The lowest BCUT2D eigenvalue weighted by atomic mass is 10.0. The first-order valence-corrected chi connectivity index (χ1v) is 12.9. The summed E-state index contributed by atoms with van der Waals surface area (Å²) in [5.74, 6) is -0.551. The van der Waals surface area contributed by atoms with Crippen LogP contribution in [0.1, 0.15) is 37.0 Å². The van der Waals surface area contributed by atoms with Crippen molar-refractivity contribution < 1.29 is 33.4 Å². The molecule has 1 aliphatic rings. The van der Waals surface area contributed by atoms with Crippen molar-refractivity contribution in [3.8, 4) is 17.2 Å². The molecule has 0 unspecified atom stereocenters. The van der Waals surface area contributed by atoms with Crippen molar-refractivity contribution in [3.05, 3.63) is 54.1 Å². The largest absolute Gasteiger partial charge is 0.497 e. The zero-order valence-electron chi connectivity index (χ0n) is 22.5. The van der Waals surface area contributed by atoms with E-state index in [2.05, 4.69) is 21.3 Å². The summed E-state index contributed by atoms with van der Waals surface area (Å²) in [4.78, 5) is 51.9. The number of amides is 4. The molecular weight excluding hydrogens is 504 g/mol. The zero-order chi connectivity index (χ0) is 28.2. The van der Waals surface area contributed by atoms with E-state index < -0.39 is 29.8 Å². The molecule has 0 radical (unpaired) electrons. The molecule has 0 aliphatic carbocycles. The fourth-order valence-electron chi connectivity index (χ4n) is 3.89. The van der Waals surface area contributed by atoms with Gasteiger partial charge in [-0.2, -0.15) is 0 Å². The third-order valence-electron chi connectivity index (χ3n) is 6.02. The standard InChI is InChI=1S/C28H36N4O7/c1-18(2)25-28(36)29-13-6-15-39-23-8-5-4-7-21(23)26(34)31-22(17-24(33)32-25)27(35)30-14-16-38-20-11-9-19(37-3)10-12-20/h4-5,7-12,18,22,25H,6,13-17H2,1-3H3,(H,29,36)(H,30,35)(H,31,34)(H,32,33)/t22-,25-/m0/s1. The van der Waals surface area contributed by atoms with Crippen molar-refractivity contribution in [1.82, 2.24) is 21.3 Å². The number of hydrogen-bond acceptors (Lipinski definition) is 7. The van der Waals surface area contributed by atoms with Crippen LogP contribution < -0.4 is 35.5 Å². The number of methoxy groups -OCH3 is 1. The number of carbonyl (C=O) groups excluding carboxylic acids is 4. The smallest absolute Gasteiger partial charge is 0.255 e. The molecular formula is C28H36N4O7. The lowest BCUT2D eigenvalue weighted by Gasteiger charge is -2.23. The maximum atomic E-state index is 13.2. The number of nitrogens with one attached hydrogen (secondary N) is 4. The second kappa shape index (κ2) is 14.6. The van der Waals surface area contributed by atoms with E-state index in [-0.39, 0.29) is 43.6 Å². The van der Waals surface area contributed by atoms with Gasteiger partial charge in [0.1, 0.15) is 35.9 Å². The van der Waals surface area contributed by atoms with Crippen molar-refractivity contribution in [1.29, 1.82) is 0 Å². The molecule has 0 saturated heterocycles. The van der Waals surface area contributed by atoms with Gasteiger partial charge in [0.15, 0.2) is 0 Å². The van der Waals surface area contributed by atoms with Gasteiger partial charge in [-0.05, 0) is 48.7 Å². The van der Waals surface area contributed by atoms with Crippen LogP contribution in [0.4, 0.5) is 0 Å². The topological polar surface area (TPSA) is 144 Å². The quantitative estimate of drug-likeness (QED) is 0.389. The summed E-state index contributed by atoms with van der Waals surface area (Å²) < 4.78 is 16.5. The van der Waals surface area contributed by atoms with E-state index >= 15 is 0 Å².